The molecule has 1 heterocycles. The highest BCUT2D eigenvalue weighted by atomic mass is 35.5. The smallest absolute Gasteiger partial charge is 0.345 e. The average Bonchev–Trinajstić information content (AvgIpc) is 3.05. The fourth-order valence-corrected chi connectivity index (χ4v) is 6.50. The first-order valence-electron chi connectivity index (χ1n) is 14.7. The molecule has 0 unspecified atom stereocenters. The van der Waals surface area contributed by atoms with Gasteiger partial charge in [-0.1, -0.05) is 0 Å². The van der Waals surface area contributed by atoms with Crippen LogP contribution in [0.5, 0.6) is 17.2 Å². The molecular formula is C30H33ClN4O13. The molecule has 2 amide bonds. The van der Waals surface area contributed by atoms with Gasteiger partial charge in [0.2, 0.25) is 5.78 Å². The van der Waals surface area contributed by atoms with Crippen LogP contribution >= 0.6 is 11.6 Å². The van der Waals surface area contributed by atoms with Crippen LogP contribution in [0.3, 0.4) is 0 Å². The average molecular weight is 693 g/mol. The number of ether oxygens (including phenoxy) is 3. The van der Waals surface area contributed by atoms with E-state index in [2.05, 4.69) is 10.6 Å². The van der Waals surface area contributed by atoms with Crippen molar-refractivity contribution >= 4 is 40.7 Å². The molecule has 0 aromatic heterocycles. The molecule has 0 spiro atoms. The Morgan fingerprint density at radius 1 is 1.19 bits per heavy atom. The van der Waals surface area contributed by atoms with Crippen LogP contribution < -0.4 is 20.8 Å². The fraction of sp³-hybridized carbons (Fsp3) is 0.467. The largest absolute Gasteiger partial charge is 0.507 e. The molecule has 2 aliphatic carbocycles. The Balaban J connectivity index is 1.68. The Morgan fingerprint density at radius 3 is 2.48 bits per heavy atom. The second-order valence-corrected chi connectivity index (χ2v) is 12.0. The van der Waals surface area contributed by atoms with E-state index in [1.54, 1.807) is 0 Å². The number of alkyl halides is 1. The van der Waals surface area contributed by atoms with Crippen LogP contribution in [-0.4, -0.2) is 105 Å². The maximum absolute atomic E-state index is 14.2. The summed E-state index contributed by atoms with van der Waals surface area (Å²) in [5.41, 5.74) is 0.642. The second-order valence-electron chi connectivity index (χ2n) is 11.6. The number of carbonyl (C=O) groups excluding carboxylic acids is 4. The number of benzene rings is 2. The number of hydrogen-bond acceptors (Lipinski definition) is 15. The maximum Gasteiger partial charge on any atom is 0.345 e. The van der Waals surface area contributed by atoms with Gasteiger partial charge in [0.05, 0.1) is 47.4 Å². The van der Waals surface area contributed by atoms with Gasteiger partial charge in [-0.3, -0.25) is 14.4 Å². The maximum atomic E-state index is 14.2. The number of rotatable bonds is 9. The third-order valence-corrected chi connectivity index (χ3v) is 8.96. The quantitative estimate of drug-likeness (QED) is 0.0694. The fourth-order valence-electron chi connectivity index (χ4n) is 6.40. The zero-order valence-electron chi connectivity index (χ0n) is 25.6. The lowest BCUT2D eigenvalue weighted by Crippen LogP contribution is -2.53. The van der Waals surface area contributed by atoms with E-state index in [0.717, 1.165) is 19.2 Å². The predicted octanol–water partition coefficient (Wildman–Crippen LogP) is 0.437. The summed E-state index contributed by atoms with van der Waals surface area (Å²) in [5.74, 6) is -5.19. The number of fused-ring (bicyclic) bond motifs is 3. The second kappa shape index (κ2) is 13.3. The Labute approximate surface area is 277 Å². The highest BCUT2D eigenvalue weighted by Gasteiger charge is 2.50. The van der Waals surface area contributed by atoms with E-state index in [1.807, 2.05) is 0 Å². The number of phenols is 2. The Morgan fingerprint density at radius 2 is 1.88 bits per heavy atom. The van der Waals surface area contributed by atoms with Gasteiger partial charge in [-0.2, -0.15) is 0 Å². The number of halogens is 1. The number of nitrogens with zero attached hydrogens (tertiary/aromatic N) is 2. The Kier molecular flexibility index (Phi) is 9.76. The minimum atomic E-state index is -2.35. The Bertz CT molecular complexity index is 1690. The molecule has 6 atom stereocenters. The molecule has 0 saturated carbocycles. The highest BCUT2D eigenvalue weighted by Crippen LogP contribution is 2.53. The first-order chi connectivity index (χ1) is 22.7. The number of nitrogens with two attached hydrogens (primary N) is 1. The Hall–Kier alpha value is -4.23. The first kappa shape index (κ1) is 35.1. The third-order valence-electron chi connectivity index (χ3n) is 8.77. The molecule has 18 heteroatoms. The summed E-state index contributed by atoms with van der Waals surface area (Å²) in [6, 6.07) is 0.376. The number of anilines is 1. The van der Waals surface area contributed by atoms with Crippen LogP contribution in [0.2, 0.25) is 0 Å². The SMILES string of the molecule is COc1c(N(N=O)C(=O)NCCCl)ccc2c1C(=O)c1c(O)c3c(c(O)c1C2=O)C[C@@](O)(C(=O)CO)C[C@@H]3O[C@H]1C[C@H](N)[C@H](O)[C@H](C)O1. The number of nitrogens with one attached hydrogen (secondary N) is 1. The van der Waals surface area contributed by atoms with Crippen molar-refractivity contribution in [2.75, 3.05) is 31.2 Å². The molecule has 0 bridgehead atoms. The van der Waals surface area contributed by atoms with Gasteiger partial charge in [0, 0.05) is 54.4 Å². The molecule has 5 rings (SSSR count). The molecule has 3 aliphatic rings. The minimum Gasteiger partial charge on any atom is -0.507 e. The molecule has 2 aromatic rings. The highest BCUT2D eigenvalue weighted by molar-refractivity contribution is 6.32. The normalized spacial score (nSPS) is 26.2. The van der Waals surface area contributed by atoms with E-state index in [1.165, 1.54) is 6.92 Å². The van der Waals surface area contributed by atoms with Crippen LogP contribution in [0.25, 0.3) is 0 Å². The number of hydrogen-bond donors (Lipinski definition) is 7. The minimum absolute atomic E-state index is 0.00749. The number of Topliss-reactive ketones (excluding diaryl/α,β-unsaturated/α-hetero) is 1. The van der Waals surface area contributed by atoms with Crippen molar-refractivity contribution in [3.8, 4) is 17.2 Å². The van der Waals surface area contributed by atoms with Crippen molar-refractivity contribution in [3.05, 3.63) is 50.4 Å². The monoisotopic (exact) mass is 692 g/mol. The molecule has 17 nitrogen and oxygen atoms in total. The standard InChI is InChI=1S/C30H33ClN4O13/c1-11-23(38)14(32)7-18(47-11)48-16-9-30(44,17(37)10-36)8-13-19(16)26(41)22-21(25(13)40)24(39)12-3-4-15(28(46-2)20(12)27(22)42)35(34-45)29(43)33-6-5-31/h3-4,11,14,16,18,23,36,38,40-41,44H,5-10,32H2,1-2H3,(H,33,43)/t11-,14-,16-,18-,23+,30-/m0/s1. The molecule has 8 N–H and O–H groups in total. The summed E-state index contributed by atoms with van der Waals surface area (Å²) in [6.45, 7) is 0.405. The molecular weight excluding hydrogens is 660 g/mol. The van der Waals surface area contributed by atoms with E-state index in [9.17, 15) is 49.6 Å². The number of phenolic OH excluding ortho intramolecular Hbond substituents is 2. The molecule has 258 valence electrons. The number of ketones is 3. The number of aliphatic hydroxyl groups excluding tert-OH is 2. The van der Waals surface area contributed by atoms with Gasteiger partial charge in [-0.05, 0) is 19.1 Å². The van der Waals surface area contributed by atoms with Gasteiger partial charge in [0.15, 0.2) is 23.6 Å². The van der Waals surface area contributed by atoms with Crippen LogP contribution in [0.15, 0.2) is 17.4 Å². The van der Waals surface area contributed by atoms with Crippen molar-refractivity contribution in [1.29, 1.82) is 0 Å². The number of urea groups is 1. The number of amides is 2. The van der Waals surface area contributed by atoms with E-state index >= 15 is 0 Å². The van der Waals surface area contributed by atoms with Gasteiger partial charge in [-0.25, -0.2) is 4.79 Å². The number of methoxy groups -OCH3 is 1. The molecule has 1 aliphatic heterocycles. The molecule has 1 saturated heterocycles. The van der Waals surface area contributed by atoms with E-state index in [4.69, 9.17) is 31.5 Å². The van der Waals surface area contributed by atoms with Gasteiger partial charge in [0.25, 0.3) is 0 Å². The van der Waals surface area contributed by atoms with Crippen molar-refractivity contribution < 1.29 is 58.9 Å². The van der Waals surface area contributed by atoms with Crippen molar-refractivity contribution in [2.45, 2.75) is 62.4 Å². The summed E-state index contributed by atoms with van der Waals surface area (Å²) in [7, 11) is 1.10. The molecule has 2 aromatic carbocycles. The van der Waals surface area contributed by atoms with E-state index in [0.29, 0.717) is 5.01 Å². The van der Waals surface area contributed by atoms with Crippen molar-refractivity contribution in [3.63, 3.8) is 0 Å². The third kappa shape index (κ3) is 5.66. The van der Waals surface area contributed by atoms with Crippen molar-refractivity contribution in [1.82, 2.24) is 5.32 Å². The number of nitroso groups, excluding NO2 is 1. The van der Waals surface area contributed by atoms with Crippen LogP contribution in [0.1, 0.15) is 68.8 Å². The van der Waals surface area contributed by atoms with Gasteiger partial charge in [-0.15, -0.1) is 21.5 Å². The molecule has 0 radical (unpaired) electrons. The summed E-state index contributed by atoms with van der Waals surface area (Å²) >= 11 is 5.61. The van der Waals surface area contributed by atoms with Crippen LogP contribution in [0.4, 0.5) is 10.5 Å². The van der Waals surface area contributed by atoms with E-state index in [-0.39, 0.29) is 41.2 Å². The van der Waals surface area contributed by atoms with Crippen LogP contribution in [-0.2, 0) is 20.7 Å². The lowest BCUT2D eigenvalue weighted by Gasteiger charge is -2.42. The summed E-state index contributed by atoms with van der Waals surface area (Å²) in [4.78, 5) is 65.2. The first-order valence-corrected chi connectivity index (χ1v) is 15.3. The van der Waals surface area contributed by atoms with Crippen molar-refractivity contribution in [2.24, 2.45) is 11.0 Å². The van der Waals surface area contributed by atoms with Gasteiger partial charge >= 0.3 is 6.03 Å². The molecule has 1 fully saturated rings. The summed E-state index contributed by atoms with van der Waals surface area (Å²) < 4.78 is 17.1. The zero-order chi connectivity index (χ0) is 35.2. The number of carbonyl (C=O) groups is 4. The topological polar surface area (TPSA) is 268 Å². The lowest BCUT2D eigenvalue weighted by atomic mass is 9.71. The number of aliphatic hydroxyl groups is 3. The zero-order valence-corrected chi connectivity index (χ0v) is 26.4. The van der Waals surface area contributed by atoms with Gasteiger partial charge < -0.3 is 50.8 Å². The molecule has 48 heavy (non-hydrogen) atoms. The predicted molar refractivity (Wildman–Crippen MR) is 164 cm³/mol. The summed E-state index contributed by atoms with van der Waals surface area (Å²) in [5, 5.41) is 59.8. The number of aromatic hydroxyl groups is 2. The van der Waals surface area contributed by atoms with Crippen LogP contribution in [0, 0.1) is 4.91 Å². The van der Waals surface area contributed by atoms with Gasteiger partial charge in [0.1, 0.15) is 29.4 Å². The van der Waals surface area contributed by atoms with E-state index < -0.39 is 113 Å². The lowest BCUT2D eigenvalue weighted by molar-refractivity contribution is -0.247. The summed E-state index contributed by atoms with van der Waals surface area (Å²) in [6.07, 6.45) is -5.81.